The largest absolute Gasteiger partial charge is 0.493 e. The maximum Gasteiger partial charge on any atom is 0.224 e. The van der Waals surface area contributed by atoms with E-state index < -0.39 is 0 Å². The molecule has 0 radical (unpaired) electrons. The SMILES string of the molecule is COc1cc(CC(=O)NCCCOC(C)C)cc(OC)c1OC. The molecule has 0 aromatic heterocycles. The van der Waals surface area contributed by atoms with Gasteiger partial charge in [-0.1, -0.05) is 0 Å². The van der Waals surface area contributed by atoms with Crippen molar-refractivity contribution < 1.29 is 23.7 Å². The lowest BCUT2D eigenvalue weighted by Crippen LogP contribution is -2.27. The number of rotatable bonds is 10. The summed E-state index contributed by atoms with van der Waals surface area (Å²) >= 11 is 0. The van der Waals surface area contributed by atoms with Crippen LogP contribution in [0.2, 0.25) is 0 Å². The summed E-state index contributed by atoms with van der Waals surface area (Å²) in [5, 5.41) is 2.88. The first-order valence-electron chi connectivity index (χ1n) is 7.69. The highest BCUT2D eigenvalue weighted by Gasteiger charge is 2.14. The molecule has 1 aromatic carbocycles. The Kier molecular flexibility index (Phi) is 8.26. The number of methoxy groups -OCH3 is 3. The van der Waals surface area contributed by atoms with Gasteiger partial charge in [0.2, 0.25) is 11.7 Å². The topological polar surface area (TPSA) is 66.0 Å². The van der Waals surface area contributed by atoms with Gasteiger partial charge < -0.3 is 24.3 Å². The molecule has 0 spiro atoms. The summed E-state index contributed by atoms with van der Waals surface area (Å²) in [6, 6.07) is 3.56. The van der Waals surface area contributed by atoms with Crippen LogP contribution in [0.5, 0.6) is 17.2 Å². The summed E-state index contributed by atoms with van der Waals surface area (Å²) in [4.78, 5) is 12.0. The van der Waals surface area contributed by atoms with Gasteiger partial charge in [0.15, 0.2) is 11.5 Å². The van der Waals surface area contributed by atoms with E-state index in [1.54, 1.807) is 33.5 Å². The Bertz CT molecular complexity index is 477. The lowest BCUT2D eigenvalue weighted by atomic mass is 10.1. The summed E-state index contributed by atoms with van der Waals surface area (Å²) in [6.45, 7) is 5.21. The minimum atomic E-state index is -0.0520. The maximum atomic E-state index is 12.0. The Labute approximate surface area is 138 Å². The Morgan fingerprint density at radius 2 is 1.70 bits per heavy atom. The summed E-state index contributed by atoms with van der Waals surface area (Å²) in [5.41, 5.74) is 0.801. The molecule has 0 atom stereocenters. The van der Waals surface area contributed by atoms with Gasteiger partial charge in [-0.3, -0.25) is 4.79 Å². The van der Waals surface area contributed by atoms with E-state index in [1.165, 1.54) is 0 Å². The second kappa shape index (κ2) is 9.94. The first-order valence-corrected chi connectivity index (χ1v) is 7.69. The van der Waals surface area contributed by atoms with Crippen LogP contribution in [0.1, 0.15) is 25.8 Å². The Morgan fingerprint density at radius 1 is 1.09 bits per heavy atom. The fourth-order valence-corrected chi connectivity index (χ4v) is 2.10. The van der Waals surface area contributed by atoms with Gasteiger partial charge in [0, 0.05) is 13.2 Å². The molecule has 6 heteroatoms. The Morgan fingerprint density at radius 3 is 2.17 bits per heavy atom. The molecule has 0 heterocycles. The molecule has 0 aliphatic heterocycles. The fraction of sp³-hybridized carbons (Fsp3) is 0.588. The minimum Gasteiger partial charge on any atom is -0.493 e. The average molecular weight is 325 g/mol. The molecule has 0 bridgehead atoms. The zero-order chi connectivity index (χ0) is 17.2. The Balaban J connectivity index is 2.57. The molecular formula is C17H27NO5. The van der Waals surface area contributed by atoms with Crippen LogP contribution < -0.4 is 19.5 Å². The number of nitrogens with one attached hydrogen (secondary N) is 1. The van der Waals surface area contributed by atoms with Crippen molar-refractivity contribution in [2.24, 2.45) is 0 Å². The van der Waals surface area contributed by atoms with E-state index in [2.05, 4.69) is 5.32 Å². The minimum absolute atomic E-state index is 0.0520. The van der Waals surface area contributed by atoms with Gasteiger partial charge in [-0.15, -0.1) is 0 Å². The highest BCUT2D eigenvalue weighted by atomic mass is 16.5. The molecular weight excluding hydrogens is 298 g/mol. The lowest BCUT2D eigenvalue weighted by molar-refractivity contribution is -0.120. The van der Waals surface area contributed by atoms with E-state index in [4.69, 9.17) is 18.9 Å². The normalized spacial score (nSPS) is 10.5. The Hall–Kier alpha value is -1.95. The van der Waals surface area contributed by atoms with Crippen molar-refractivity contribution in [1.29, 1.82) is 0 Å². The first-order chi connectivity index (χ1) is 11.0. The molecule has 6 nitrogen and oxygen atoms in total. The van der Waals surface area contributed by atoms with Crippen LogP contribution in [-0.4, -0.2) is 46.5 Å². The van der Waals surface area contributed by atoms with Crippen LogP contribution in [0.15, 0.2) is 12.1 Å². The van der Waals surface area contributed by atoms with Crippen LogP contribution in [-0.2, 0) is 16.0 Å². The molecule has 0 aliphatic carbocycles. The molecule has 1 N–H and O–H groups in total. The molecule has 1 aromatic rings. The van der Waals surface area contributed by atoms with E-state index in [9.17, 15) is 4.79 Å². The van der Waals surface area contributed by atoms with Crippen molar-refractivity contribution in [3.05, 3.63) is 17.7 Å². The van der Waals surface area contributed by atoms with E-state index >= 15 is 0 Å². The molecule has 130 valence electrons. The number of amides is 1. The van der Waals surface area contributed by atoms with Gasteiger partial charge in [0.1, 0.15) is 0 Å². The van der Waals surface area contributed by atoms with E-state index in [-0.39, 0.29) is 18.4 Å². The molecule has 1 amide bonds. The van der Waals surface area contributed by atoms with Gasteiger partial charge in [0.05, 0.1) is 33.9 Å². The van der Waals surface area contributed by atoms with E-state index in [1.807, 2.05) is 13.8 Å². The molecule has 1 rings (SSSR count). The number of ether oxygens (including phenoxy) is 4. The van der Waals surface area contributed by atoms with Gasteiger partial charge in [-0.2, -0.15) is 0 Å². The smallest absolute Gasteiger partial charge is 0.224 e. The summed E-state index contributed by atoms with van der Waals surface area (Å²) in [5.74, 6) is 1.55. The number of hydrogen-bond acceptors (Lipinski definition) is 5. The van der Waals surface area contributed by atoms with E-state index in [0.717, 1.165) is 12.0 Å². The van der Waals surface area contributed by atoms with Crippen molar-refractivity contribution in [1.82, 2.24) is 5.32 Å². The summed E-state index contributed by atoms with van der Waals surface area (Å²) in [7, 11) is 4.65. The second-order valence-electron chi connectivity index (χ2n) is 5.33. The molecule has 0 saturated carbocycles. The monoisotopic (exact) mass is 325 g/mol. The summed E-state index contributed by atoms with van der Waals surface area (Å²) < 4.78 is 21.3. The molecule has 0 saturated heterocycles. The van der Waals surface area contributed by atoms with Crippen LogP contribution in [0, 0.1) is 0 Å². The second-order valence-corrected chi connectivity index (χ2v) is 5.33. The van der Waals surface area contributed by atoms with Crippen LogP contribution in [0.3, 0.4) is 0 Å². The number of hydrogen-bond donors (Lipinski definition) is 1. The first kappa shape index (κ1) is 19.1. The predicted molar refractivity (Wildman–Crippen MR) is 88.5 cm³/mol. The van der Waals surface area contributed by atoms with E-state index in [0.29, 0.717) is 30.4 Å². The van der Waals surface area contributed by atoms with Crippen molar-refractivity contribution in [2.75, 3.05) is 34.5 Å². The third-order valence-corrected chi connectivity index (χ3v) is 3.18. The third-order valence-electron chi connectivity index (χ3n) is 3.18. The van der Waals surface area contributed by atoms with Crippen molar-refractivity contribution in [3.8, 4) is 17.2 Å². The predicted octanol–water partition coefficient (Wildman–Crippen LogP) is 2.19. The molecule has 0 aliphatic rings. The zero-order valence-corrected chi connectivity index (χ0v) is 14.6. The number of carbonyl (C=O) groups excluding carboxylic acids is 1. The van der Waals surface area contributed by atoms with Gasteiger partial charge in [-0.05, 0) is 38.0 Å². The van der Waals surface area contributed by atoms with Gasteiger partial charge >= 0.3 is 0 Å². The highest BCUT2D eigenvalue weighted by molar-refractivity contribution is 5.79. The molecule has 0 fully saturated rings. The third kappa shape index (κ3) is 6.36. The summed E-state index contributed by atoms with van der Waals surface area (Å²) in [6.07, 6.45) is 1.26. The van der Waals surface area contributed by atoms with Crippen LogP contribution in [0.25, 0.3) is 0 Å². The molecule has 23 heavy (non-hydrogen) atoms. The van der Waals surface area contributed by atoms with Crippen molar-refractivity contribution in [2.45, 2.75) is 32.8 Å². The zero-order valence-electron chi connectivity index (χ0n) is 14.6. The lowest BCUT2D eigenvalue weighted by Gasteiger charge is -2.14. The molecule has 0 unspecified atom stereocenters. The quantitative estimate of drug-likeness (QED) is 0.668. The average Bonchev–Trinajstić information content (AvgIpc) is 2.53. The maximum absolute atomic E-state index is 12.0. The van der Waals surface area contributed by atoms with Gasteiger partial charge in [0.25, 0.3) is 0 Å². The van der Waals surface area contributed by atoms with Crippen LogP contribution >= 0.6 is 0 Å². The van der Waals surface area contributed by atoms with Crippen LogP contribution in [0.4, 0.5) is 0 Å². The highest BCUT2D eigenvalue weighted by Crippen LogP contribution is 2.38. The standard InChI is InChI=1S/C17H27NO5/c1-12(2)23-8-6-7-18-16(19)11-13-9-14(20-3)17(22-5)15(10-13)21-4/h9-10,12H,6-8,11H2,1-5H3,(H,18,19). The fourth-order valence-electron chi connectivity index (χ4n) is 2.10. The number of benzene rings is 1. The number of carbonyl (C=O) groups is 1. The van der Waals surface area contributed by atoms with Gasteiger partial charge in [-0.25, -0.2) is 0 Å². The van der Waals surface area contributed by atoms with Crippen molar-refractivity contribution >= 4 is 5.91 Å². The van der Waals surface area contributed by atoms with Crippen molar-refractivity contribution in [3.63, 3.8) is 0 Å².